The largest absolute Gasteiger partial charge is 0.514 e. The Kier molecular flexibility index (Phi) is 6.56. The zero-order valence-corrected chi connectivity index (χ0v) is 18.1. The molecule has 0 bridgehead atoms. The lowest BCUT2D eigenvalue weighted by atomic mass is 10.0. The molecule has 0 saturated carbocycles. The lowest BCUT2D eigenvalue weighted by Crippen LogP contribution is -2.37. The second-order valence-corrected chi connectivity index (χ2v) is 8.63. The van der Waals surface area contributed by atoms with E-state index in [4.69, 9.17) is 21.1 Å². The van der Waals surface area contributed by atoms with Crippen LogP contribution in [0.2, 0.25) is 5.02 Å². The van der Waals surface area contributed by atoms with Crippen LogP contribution >= 0.6 is 22.9 Å². The van der Waals surface area contributed by atoms with E-state index < -0.39 is 18.2 Å². The number of hydrogen-bond acceptors (Lipinski definition) is 6. The van der Waals surface area contributed by atoms with Gasteiger partial charge in [-0.05, 0) is 35.2 Å². The Hall–Kier alpha value is -2.87. The molecule has 8 heteroatoms. The average molecular weight is 458 g/mol. The Balaban J connectivity index is 1.42. The fourth-order valence-corrected chi connectivity index (χ4v) is 4.85. The van der Waals surface area contributed by atoms with Gasteiger partial charge in [-0.1, -0.05) is 60.1 Å². The van der Waals surface area contributed by atoms with E-state index in [0.29, 0.717) is 35.2 Å². The highest BCUT2D eigenvalue weighted by atomic mass is 35.5. The van der Waals surface area contributed by atoms with Crippen LogP contribution in [0, 0.1) is 0 Å². The molecular weight excluding hydrogens is 438 g/mol. The van der Waals surface area contributed by atoms with Crippen LogP contribution in [-0.2, 0) is 29.1 Å². The van der Waals surface area contributed by atoms with Gasteiger partial charge in [-0.2, -0.15) is 0 Å². The summed E-state index contributed by atoms with van der Waals surface area (Å²) in [6.45, 7) is 1.13. The molecule has 1 unspecified atom stereocenters. The van der Waals surface area contributed by atoms with Crippen molar-refractivity contribution < 1.29 is 24.2 Å². The number of benzene rings is 2. The molecule has 3 aromatic rings. The first-order valence-electron chi connectivity index (χ1n) is 9.72. The number of fused-ring (bicyclic) bond motifs is 1. The minimum absolute atomic E-state index is 0.136. The maximum Gasteiger partial charge on any atom is 0.514 e. The van der Waals surface area contributed by atoms with E-state index in [2.05, 4.69) is 0 Å². The molecule has 0 saturated heterocycles. The average Bonchev–Trinajstić information content (AvgIpc) is 3.16. The van der Waals surface area contributed by atoms with Crippen LogP contribution in [-0.4, -0.2) is 28.7 Å². The molecule has 31 heavy (non-hydrogen) atoms. The van der Waals surface area contributed by atoms with Crippen LogP contribution in [0.5, 0.6) is 5.06 Å². The number of carboxylic acids is 1. The Labute approximate surface area is 188 Å². The molecule has 6 nitrogen and oxygen atoms in total. The highest BCUT2D eigenvalue weighted by Crippen LogP contribution is 2.37. The molecule has 0 amide bonds. The fourth-order valence-electron chi connectivity index (χ4n) is 3.61. The third kappa shape index (κ3) is 5.07. The quantitative estimate of drug-likeness (QED) is 0.506. The van der Waals surface area contributed by atoms with Gasteiger partial charge in [0.2, 0.25) is 0 Å². The van der Waals surface area contributed by atoms with Crippen molar-refractivity contribution in [2.45, 2.75) is 25.6 Å². The monoisotopic (exact) mass is 457 g/mol. The molecule has 160 valence electrons. The Bertz CT molecular complexity index is 1080. The summed E-state index contributed by atoms with van der Waals surface area (Å²) in [6, 6.07) is 17.3. The third-order valence-corrected chi connectivity index (χ3v) is 6.52. The van der Waals surface area contributed by atoms with Gasteiger partial charge in [-0.25, -0.2) is 4.79 Å². The Morgan fingerprint density at radius 1 is 1.13 bits per heavy atom. The van der Waals surface area contributed by atoms with Crippen LogP contribution in [0.3, 0.4) is 0 Å². The van der Waals surface area contributed by atoms with Gasteiger partial charge in [-0.3, -0.25) is 9.69 Å². The van der Waals surface area contributed by atoms with E-state index in [0.717, 1.165) is 16.0 Å². The van der Waals surface area contributed by atoms with Crippen molar-refractivity contribution in [1.29, 1.82) is 0 Å². The summed E-state index contributed by atoms with van der Waals surface area (Å²) < 4.78 is 10.5. The van der Waals surface area contributed by atoms with E-state index >= 15 is 0 Å². The number of carbonyl (C=O) groups excluding carboxylic acids is 1. The Morgan fingerprint density at radius 3 is 2.61 bits per heavy atom. The van der Waals surface area contributed by atoms with Gasteiger partial charge in [0.1, 0.15) is 12.6 Å². The molecule has 1 N–H and O–H groups in total. The fraction of sp³-hybridized carbons (Fsp3) is 0.217. The molecule has 2 heterocycles. The molecule has 1 aliphatic rings. The molecule has 0 aliphatic carbocycles. The SMILES string of the molecule is O=C(OCc1ccccc1)Oc1cc2c(s1)CCN(C(C(=O)O)c1ccccc1Cl)C2. The topological polar surface area (TPSA) is 76.1 Å². The number of ether oxygens (including phenoxy) is 2. The number of hydrogen-bond donors (Lipinski definition) is 1. The summed E-state index contributed by atoms with van der Waals surface area (Å²) in [5.74, 6) is -0.951. The summed E-state index contributed by atoms with van der Waals surface area (Å²) in [4.78, 5) is 27.0. The van der Waals surface area contributed by atoms with E-state index in [1.165, 1.54) is 11.3 Å². The van der Waals surface area contributed by atoms with Gasteiger partial charge < -0.3 is 14.6 Å². The predicted octanol–water partition coefficient (Wildman–Crippen LogP) is 5.30. The summed E-state index contributed by atoms with van der Waals surface area (Å²) in [5, 5.41) is 10.7. The van der Waals surface area contributed by atoms with Crippen LogP contribution in [0.25, 0.3) is 0 Å². The summed E-state index contributed by atoms with van der Waals surface area (Å²) in [7, 11) is 0. The summed E-state index contributed by atoms with van der Waals surface area (Å²) >= 11 is 7.64. The second-order valence-electron chi connectivity index (χ2n) is 7.12. The highest BCUT2D eigenvalue weighted by molar-refractivity contribution is 7.14. The van der Waals surface area contributed by atoms with Crippen molar-refractivity contribution in [3.8, 4) is 5.06 Å². The van der Waals surface area contributed by atoms with Gasteiger partial charge in [0.25, 0.3) is 0 Å². The van der Waals surface area contributed by atoms with Crippen molar-refractivity contribution in [2.75, 3.05) is 6.54 Å². The smallest absolute Gasteiger partial charge is 0.480 e. The van der Waals surface area contributed by atoms with Crippen molar-refractivity contribution in [3.05, 3.63) is 87.3 Å². The number of carbonyl (C=O) groups is 2. The first-order chi connectivity index (χ1) is 15.0. The van der Waals surface area contributed by atoms with Crippen LogP contribution in [0.1, 0.15) is 27.6 Å². The number of thiophene rings is 1. The Morgan fingerprint density at radius 2 is 1.87 bits per heavy atom. The van der Waals surface area contributed by atoms with E-state index in [9.17, 15) is 14.7 Å². The molecule has 1 atom stereocenters. The first kappa shape index (κ1) is 21.4. The lowest BCUT2D eigenvalue weighted by molar-refractivity contribution is -0.144. The number of carboxylic acid groups (broad SMARTS) is 1. The van der Waals surface area contributed by atoms with Crippen molar-refractivity contribution in [3.63, 3.8) is 0 Å². The molecular formula is C23H20ClNO5S. The molecule has 2 aromatic carbocycles. The van der Waals surface area contributed by atoms with Crippen LogP contribution in [0.4, 0.5) is 4.79 Å². The molecule has 4 rings (SSSR count). The molecule has 0 radical (unpaired) electrons. The van der Waals surface area contributed by atoms with Gasteiger partial charge in [-0.15, -0.1) is 11.3 Å². The molecule has 1 aliphatic heterocycles. The molecule has 0 fully saturated rings. The van der Waals surface area contributed by atoms with E-state index in [1.807, 2.05) is 35.2 Å². The van der Waals surface area contributed by atoms with Crippen molar-refractivity contribution >= 4 is 35.1 Å². The van der Waals surface area contributed by atoms with Crippen molar-refractivity contribution in [2.24, 2.45) is 0 Å². The number of aliphatic carboxylic acids is 1. The molecule has 0 spiro atoms. The number of halogens is 1. The minimum atomic E-state index is -0.951. The van der Waals surface area contributed by atoms with Gasteiger partial charge >= 0.3 is 12.1 Å². The van der Waals surface area contributed by atoms with Gasteiger partial charge in [0, 0.05) is 23.0 Å². The summed E-state index contributed by atoms with van der Waals surface area (Å²) in [5.41, 5.74) is 2.39. The maximum atomic E-state index is 12.0. The molecule has 1 aromatic heterocycles. The summed E-state index contributed by atoms with van der Waals surface area (Å²) in [6.07, 6.45) is -0.102. The lowest BCUT2D eigenvalue weighted by Gasteiger charge is -2.32. The maximum absolute atomic E-state index is 12.0. The van der Waals surface area contributed by atoms with E-state index in [1.54, 1.807) is 30.3 Å². The second kappa shape index (κ2) is 9.51. The van der Waals surface area contributed by atoms with Crippen LogP contribution in [0.15, 0.2) is 60.7 Å². The highest BCUT2D eigenvalue weighted by Gasteiger charge is 2.32. The first-order valence-corrected chi connectivity index (χ1v) is 10.9. The standard InChI is InChI=1S/C23H20ClNO5S/c24-18-9-5-4-8-17(18)21(22(26)27)25-11-10-19-16(13-25)12-20(31-19)30-23(28)29-14-15-6-2-1-3-7-15/h1-9,12,21H,10-11,13-14H2,(H,26,27). The van der Waals surface area contributed by atoms with E-state index in [-0.39, 0.29) is 6.61 Å². The number of rotatable bonds is 6. The van der Waals surface area contributed by atoms with Crippen molar-refractivity contribution in [1.82, 2.24) is 4.90 Å². The van der Waals surface area contributed by atoms with Gasteiger partial charge in [0.15, 0.2) is 5.06 Å². The zero-order valence-electron chi connectivity index (χ0n) is 16.5. The zero-order chi connectivity index (χ0) is 21.8. The number of nitrogens with zero attached hydrogens (tertiary/aromatic N) is 1. The third-order valence-electron chi connectivity index (χ3n) is 5.06. The normalized spacial score (nSPS) is 14.5. The van der Waals surface area contributed by atoms with Crippen LogP contribution < -0.4 is 4.74 Å². The minimum Gasteiger partial charge on any atom is -0.480 e. The predicted molar refractivity (Wildman–Crippen MR) is 118 cm³/mol. The van der Waals surface area contributed by atoms with Gasteiger partial charge in [0.05, 0.1) is 0 Å².